The molecule has 0 aliphatic carbocycles. The summed E-state index contributed by atoms with van der Waals surface area (Å²) in [4.78, 5) is 24.9. The Morgan fingerprint density at radius 2 is 1.85 bits per heavy atom. The van der Waals surface area contributed by atoms with Gasteiger partial charge >= 0.3 is 0 Å². The Morgan fingerprint density at radius 1 is 1.19 bits per heavy atom. The van der Waals surface area contributed by atoms with Gasteiger partial charge in [-0.15, -0.1) is 11.8 Å². The predicted molar refractivity (Wildman–Crippen MR) is 104 cm³/mol. The second kappa shape index (κ2) is 9.05. The number of aryl methyl sites for hydroxylation is 2. The fourth-order valence-electron chi connectivity index (χ4n) is 2.31. The summed E-state index contributed by atoms with van der Waals surface area (Å²) in [6.45, 7) is 5.41. The molecule has 0 heterocycles. The van der Waals surface area contributed by atoms with Gasteiger partial charge in [-0.3, -0.25) is 9.59 Å². The molecule has 2 N–H and O–H groups in total. The van der Waals surface area contributed by atoms with Crippen molar-refractivity contribution < 1.29 is 14.0 Å². The number of benzene rings is 2. The minimum absolute atomic E-state index is 0.00980. The highest BCUT2D eigenvalue weighted by molar-refractivity contribution is 8.00. The molecule has 0 spiro atoms. The van der Waals surface area contributed by atoms with E-state index in [2.05, 4.69) is 10.6 Å². The van der Waals surface area contributed by atoms with Crippen molar-refractivity contribution in [3.8, 4) is 0 Å². The van der Waals surface area contributed by atoms with E-state index in [1.807, 2.05) is 32.0 Å². The monoisotopic (exact) mass is 394 g/mol. The van der Waals surface area contributed by atoms with Crippen molar-refractivity contribution in [1.29, 1.82) is 0 Å². The number of amides is 2. The van der Waals surface area contributed by atoms with E-state index in [-0.39, 0.29) is 23.4 Å². The van der Waals surface area contributed by atoms with Crippen LogP contribution >= 0.6 is 23.4 Å². The first-order chi connectivity index (χ1) is 12.3. The van der Waals surface area contributed by atoms with Crippen molar-refractivity contribution in [1.82, 2.24) is 5.32 Å². The van der Waals surface area contributed by atoms with Gasteiger partial charge in [0.05, 0.1) is 16.8 Å². The summed E-state index contributed by atoms with van der Waals surface area (Å²) in [6.07, 6.45) is 0. The first-order valence-electron chi connectivity index (χ1n) is 8.03. The summed E-state index contributed by atoms with van der Waals surface area (Å²) in [5, 5.41) is 4.98. The van der Waals surface area contributed by atoms with E-state index in [9.17, 15) is 14.0 Å². The van der Waals surface area contributed by atoms with Crippen molar-refractivity contribution >= 4 is 40.9 Å². The zero-order valence-electron chi connectivity index (χ0n) is 14.7. The largest absolute Gasteiger partial charge is 0.346 e. The minimum Gasteiger partial charge on any atom is -0.346 e. The van der Waals surface area contributed by atoms with Crippen molar-refractivity contribution in [3.05, 3.63) is 58.4 Å². The van der Waals surface area contributed by atoms with Crippen molar-refractivity contribution in [2.75, 3.05) is 11.9 Å². The van der Waals surface area contributed by atoms with E-state index in [0.29, 0.717) is 4.90 Å². The Kier molecular flexibility index (Phi) is 7.06. The van der Waals surface area contributed by atoms with Crippen LogP contribution in [-0.2, 0) is 9.59 Å². The molecule has 138 valence electrons. The first-order valence-corrected chi connectivity index (χ1v) is 9.29. The zero-order valence-corrected chi connectivity index (χ0v) is 16.3. The second-order valence-electron chi connectivity index (χ2n) is 5.87. The van der Waals surface area contributed by atoms with Gasteiger partial charge in [-0.1, -0.05) is 29.8 Å². The molecule has 7 heteroatoms. The Morgan fingerprint density at radius 3 is 2.46 bits per heavy atom. The highest BCUT2D eigenvalue weighted by Gasteiger charge is 2.16. The third-order valence-electron chi connectivity index (χ3n) is 3.74. The Labute approximate surface area is 161 Å². The predicted octanol–water partition coefficient (Wildman–Crippen LogP) is 4.33. The van der Waals surface area contributed by atoms with E-state index in [1.54, 1.807) is 13.0 Å². The molecule has 2 aromatic carbocycles. The zero-order chi connectivity index (χ0) is 19.3. The number of halogens is 2. The van der Waals surface area contributed by atoms with Gasteiger partial charge in [0, 0.05) is 10.6 Å². The highest BCUT2D eigenvalue weighted by atomic mass is 35.5. The van der Waals surface area contributed by atoms with Gasteiger partial charge in [0.25, 0.3) is 0 Å². The lowest BCUT2D eigenvalue weighted by Gasteiger charge is -2.14. The topological polar surface area (TPSA) is 58.2 Å². The summed E-state index contributed by atoms with van der Waals surface area (Å²) in [7, 11) is 0. The number of thioether (sulfide) groups is 1. The van der Waals surface area contributed by atoms with E-state index >= 15 is 0 Å². The summed E-state index contributed by atoms with van der Waals surface area (Å²) in [5.74, 6) is -1.08. The van der Waals surface area contributed by atoms with E-state index < -0.39 is 11.1 Å². The quantitative estimate of drug-likeness (QED) is 0.717. The van der Waals surface area contributed by atoms with Crippen LogP contribution in [0.4, 0.5) is 10.1 Å². The Bertz CT molecular complexity index is 809. The number of carbonyl (C=O) groups excluding carboxylic acids is 2. The standard InChI is InChI=1S/C19H20ClFN2O2S/c1-11-5-4-6-12(2)18(11)23-17(24)10-22-19(25)13(3)26-14-7-8-16(21)15(20)9-14/h4-9,13H,10H2,1-3H3,(H,22,25)(H,23,24)/t13-/m1/s1. The maximum Gasteiger partial charge on any atom is 0.243 e. The molecule has 1 atom stereocenters. The number of para-hydroxylation sites is 1. The number of hydrogen-bond donors (Lipinski definition) is 2. The Balaban J connectivity index is 1.87. The number of nitrogens with one attached hydrogen (secondary N) is 2. The van der Waals surface area contributed by atoms with Crippen LogP contribution in [0.25, 0.3) is 0 Å². The van der Waals surface area contributed by atoms with Crippen LogP contribution in [0.1, 0.15) is 18.1 Å². The van der Waals surface area contributed by atoms with Crippen LogP contribution in [0.15, 0.2) is 41.3 Å². The molecular weight excluding hydrogens is 375 g/mol. The van der Waals surface area contributed by atoms with E-state index in [1.165, 1.54) is 23.9 Å². The molecule has 0 radical (unpaired) electrons. The Hall–Kier alpha value is -2.05. The first kappa shape index (κ1) is 20.3. The van der Waals surface area contributed by atoms with Crippen LogP contribution in [0.3, 0.4) is 0 Å². The van der Waals surface area contributed by atoms with E-state index in [0.717, 1.165) is 16.8 Å². The van der Waals surface area contributed by atoms with Crippen molar-refractivity contribution in [2.24, 2.45) is 0 Å². The van der Waals surface area contributed by atoms with Gasteiger partial charge in [0.15, 0.2) is 0 Å². The highest BCUT2D eigenvalue weighted by Crippen LogP contribution is 2.27. The van der Waals surface area contributed by atoms with Gasteiger partial charge in [0.1, 0.15) is 5.82 Å². The molecule has 2 rings (SSSR count). The van der Waals surface area contributed by atoms with Crippen LogP contribution < -0.4 is 10.6 Å². The summed E-state index contributed by atoms with van der Waals surface area (Å²) in [6, 6.07) is 10.0. The maximum atomic E-state index is 13.2. The second-order valence-corrected chi connectivity index (χ2v) is 7.69. The molecule has 0 bridgehead atoms. The number of anilines is 1. The molecule has 2 aromatic rings. The third kappa shape index (κ3) is 5.47. The number of hydrogen-bond acceptors (Lipinski definition) is 3. The molecule has 0 aliphatic heterocycles. The molecular formula is C19H20ClFN2O2S. The smallest absolute Gasteiger partial charge is 0.243 e. The molecule has 0 saturated carbocycles. The average Bonchev–Trinajstić information content (AvgIpc) is 2.59. The molecule has 0 saturated heterocycles. The number of rotatable bonds is 6. The molecule has 0 fully saturated rings. The molecule has 4 nitrogen and oxygen atoms in total. The molecule has 26 heavy (non-hydrogen) atoms. The van der Waals surface area contributed by atoms with Gasteiger partial charge in [-0.05, 0) is 50.1 Å². The fraction of sp³-hybridized carbons (Fsp3) is 0.263. The normalized spacial score (nSPS) is 11.7. The fourth-order valence-corrected chi connectivity index (χ4v) is 3.49. The molecule has 0 aliphatic rings. The lowest BCUT2D eigenvalue weighted by atomic mass is 10.1. The van der Waals surface area contributed by atoms with Crippen LogP contribution in [0, 0.1) is 19.7 Å². The maximum absolute atomic E-state index is 13.2. The van der Waals surface area contributed by atoms with Gasteiger partial charge < -0.3 is 10.6 Å². The van der Waals surface area contributed by atoms with Crippen LogP contribution in [0.2, 0.25) is 5.02 Å². The third-order valence-corrected chi connectivity index (χ3v) is 5.13. The van der Waals surface area contributed by atoms with Crippen LogP contribution in [0.5, 0.6) is 0 Å². The summed E-state index contributed by atoms with van der Waals surface area (Å²) >= 11 is 6.98. The van der Waals surface area contributed by atoms with Crippen LogP contribution in [-0.4, -0.2) is 23.6 Å². The van der Waals surface area contributed by atoms with Gasteiger partial charge in [0.2, 0.25) is 11.8 Å². The minimum atomic E-state index is -0.503. The van der Waals surface area contributed by atoms with Crippen molar-refractivity contribution in [3.63, 3.8) is 0 Å². The van der Waals surface area contributed by atoms with Crippen molar-refractivity contribution in [2.45, 2.75) is 30.9 Å². The lowest BCUT2D eigenvalue weighted by Crippen LogP contribution is -2.37. The van der Waals surface area contributed by atoms with Gasteiger partial charge in [-0.25, -0.2) is 4.39 Å². The van der Waals surface area contributed by atoms with E-state index in [4.69, 9.17) is 11.6 Å². The molecule has 0 unspecified atom stereocenters. The SMILES string of the molecule is Cc1cccc(C)c1NC(=O)CNC(=O)[C@@H](C)Sc1ccc(F)c(Cl)c1. The average molecular weight is 395 g/mol. The molecule has 0 aromatic heterocycles. The summed E-state index contributed by atoms with van der Waals surface area (Å²) < 4.78 is 13.2. The lowest BCUT2D eigenvalue weighted by molar-refractivity contribution is -0.123. The van der Waals surface area contributed by atoms with Gasteiger partial charge in [-0.2, -0.15) is 0 Å². The number of carbonyl (C=O) groups is 2. The molecule has 2 amide bonds. The summed E-state index contributed by atoms with van der Waals surface area (Å²) in [5.41, 5.74) is 2.68.